The lowest BCUT2D eigenvalue weighted by molar-refractivity contribution is -0.123. The first-order chi connectivity index (χ1) is 9.58. The van der Waals surface area contributed by atoms with Gasteiger partial charge in [0.15, 0.2) is 0 Å². The summed E-state index contributed by atoms with van der Waals surface area (Å²) in [5, 5.41) is 2.87. The topological polar surface area (TPSA) is 64.3 Å². The number of benzene rings is 2. The van der Waals surface area contributed by atoms with E-state index in [9.17, 15) is 4.79 Å². The van der Waals surface area contributed by atoms with Crippen molar-refractivity contribution in [3.8, 4) is 5.75 Å². The highest BCUT2D eigenvalue weighted by Gasteiger charge is 2.30. The molecule has 2 aromatic carbocycles. The van der Waals surface area contributed by atoms with Crippen molar-refractivity contribution in [2.24, 2.45) is 0 Å². The number of amides is 1. The summed E-state index contributed by atoms with van der Waals surface area (Å²) in [7, 11) is 0. The minimum absolute atomic E-state index is 0.175. The van der Waals surface area contributed by atoms with Crippen molar-refractivity contribution in [2.75, 3.05) is 11.1 Å². The first-order valence-electron chi connectivity index (χ1n) is 6.50. The normalized spacial score (nSPS) is 17.1. The van der Waals surface area contributed by atoms with E-state index in [0.717, 1.165) is 16.7 Å². The van der Waals surface area contributed by atoms with Crippen molar-refractivity contribution >= 4 is 17.3 Å². The molecular weight excluding hydrogens is 252 g/mol. The number of hydrogen-bond donors (Lipinski definition) is 2. The summed E-state index contributed by atoms with van der Waals surface area (Å²) >= 11 is 0. The fraction of sp³-hybridized carbons (Fsp3) is 0.188. The van der Waals surface area contributed by atoms with Gasteiger partial charge in [0.1, 0.15) is 5.75 Å². The smallest absolute Gasteiger partial charge is 0.270 e. The van der Waals surface area contributed by atoms with E-state index in [-0.39, 0.29) is 5.91 Å². The van der Waals surface area contributed by atoms with Crippen molar-refractivity contribution in [2.45, 2.75) is 20.0 Å². The van der Waals surface area contributed by atoms with Crippen LogP contribution in [0.2, 0.25) is 0 Å². The molecule has 4 heteroatoms. The Morgan fingerprint density at radius 1 is 1.15 bits per heavy atom. The van der Waals surface area contributed by atoms with Crippen LogP contribution in [0.4, 0.5) is 11.4 Å². The quantitative estimate of drug-likeness (QED) is 0.781. The maximum absolute atomic E-state index is 12.2. The summed E-state index contributed by atoms with van der Waals surface area (Å²) in [5.74, 6) is 0.525. The Bertz CT molecular complexity index is 681. The van der Waals surface area contributed by atoms with E-state index in [2.05, 4.69) is 5.32 Å². The number of anilines is 2. The summed E-state index contributed by atoms with van der Waals surface area (Å²) in [6.07, 6.45) is -0.620. The van der Waals surface area contributed by atoms with Crippen LogP contribution in [0.25, 0.3) is 0 Å². The first kappa shape index (κ1) is 12.5. The number of fused-ring (bicyclic) bond motifs is 1. The summed E-state index contributed by atoms with van der Waals surface area (Å²) in [6, 6.07) is 11.2. The average Bonchev–Trinajstić information content (AvgIpc) is 2.45. The number of nitrogens with one attached hydrogen (secondary N) is 1. The summed E-state index contributed by atoms with van der Waals surface area (Å²) in [4.78, 5) is 12.2. The largest absolute Gasteiger partial charge is 0.473 e. The molecule has 1 aliphatic rings. The first-order valence-corrected chi connectivity index (χ1v) is 6.50. The van der Waals surface area contributed by atoms with Crippen LogP contribution in [-0.4, -0.2) is 5.91 Å². The molecule has 1 atom stereocenters. The van der Waals surface area contributed by atoms with Gasteiger partial charge < -0.3 is 15.8 Å². The number of nitrogen functional groups attached to an aromatic ring is 1. The van der Waals surface area contributed by atoms with Gasteiger partial charge in [0.05, 0.1) is 5.69 Å². The fourth-order valence-electron chi connectivity index (χ4n) is 2.38. The minimum atomic E-state index is -0.620. The van der Waals surface area contributed by atoms with Crippen LogP contribution >= 0.6 is 0 Å². The molecule has 1 amide bonds. The van der Waals surface area contributed by atoms with Gasteiger partial charge >= 0.3 is 0 Å². The Hall–Kier alpha value is -2.49. The molecule has 0 fully saturated rings. The maximum atomic E-state index is 12.2. The Balaban J connectivity index is 2.06. The number of ether oxygens (including phenoxy) is 1. The number of carbonyl (C=O) groups is 1. The van der Waals surface area contributed by atoms with Gasteiger partial charge in [0.2, 0.25) is 6.10 Å². The molecule has 4 nitrogen and oxygen atoms in total. The lowest BCUT2D eigenvalue weighted by Crippen LogP contribution is -2.30. The molecule has 0 aliphatic carbocycles. The number of hydrogen-bond acceptors (Lipinski definition) is 3. The second-order valence-electron chi connectivity index (χ2n) is 4.99. The van der Waals surface area contributed by atoms with Crippen LogP contribution in [0.1, 0.15) is 22.8 Å². The number of nitrogens with two attached hydrogens (primary N) is 1. The van der Waals surface area contributed by atoms with Gasteiger partial charge in [-0.05, 0) is 31.0 Å². The molecule has 0 bridgehead atoms. The molecule has 0 aromatic heterocycles. The Kier molecular flexibility index (Phi) is 2.86. The zero-order valence-corrected chi connectivity index (χ0v) is 11.4. The van der Waals surface area contributed by atoms with Gasteiger partial charge in [-0.1, -0.05) is 30.3 Å². The molecule has 2 aromatic rings. The minimum Gasteiger partial charge on any atom is -0.473 e. The summed E-state index contributed by atoms with van der Waals surface area (Å²) in [6.45, 7) is 3.90. The van der Waals surface area contributed by atoms with Gasteiger partial charge in [-0.25, -0.2) is 0 Å². The van der Waals surface area contributed by atoms with Crippen molar-refractivity contribution in [3.05, 3.63) is 53.1 Å². The molecule has 0 spiro atoms. The highest BCUT2D eigenvalue weighted by molar-refractivity contribution is 5.99. The third-order valence-electron chi connectivity index (χ3n) is 3.71. The van der Waals surface area contributed by atoms with Crippen molar-refractivity contribution in [1.29, 1.82) is 0 Å². The Labute approximate surface area is 117 Å². The second-order valence-corrected chi connectivity index (χ2v) is 4.99. The van der Waals surface area contributed by atoms with Crippen LogP contribution < -0.4 is 15.8 Å². The standard InChI is InChI=1S/C16H16N2O2/c1-9-10(2)14-13(8-12(9)17)18-16(19)15(20-14)11-6-4-3-5-7-11/h3-8,15H,17H2,1-2H3,(H,18,19). The van der Waals surface area contributed by atoms with E-state index < -0.39 is 6.10 Å². The van der Waals surface area contributed by atoms with E-state index in [1.165, 1.54) is 0 Å². The van der Waals surface area contributed by atoms with E-state index in [1.807, 2.05) is 44.2 Å². The van der Waals surface area contributed by atoms with Crippen LogP contribution in [-0.2, 0) is 4.79 Å². The van der Waals surface area contributed by atoms with E-state index >= 15 is 0 Å². The lowest BCUT2D eigenvalue weighted by Gasteiger charge is -2.28. The van der Waals surface area contributed by atoms with Crippen LogP contribution in [0.3, 0.4) is 0 Å². The molecule has 1 heterocycles. The zero-order valence-electron chi connectivity index (χ0n) is 11.4. The third kappa shape index (κ3) is 1.90. The third-order valence-corrected chi connectivity index (χ3v) is 3.71. The maximum Gasteiger partial charge on any atom is 0.270 e. The van der Waals surface area contributed by atoms with Crippen molar-refractivity contribution in [1.82, 2.24) is 0 Å². The SMILES string of the molecule is Cc1c(N)cc2c(c1C)OC(c1ccccc1)C(=O)N2. The van der Waals surface area contributed by atoms with Crippen LogP contribution in [0.5, 0.6) is 5.75 Å². The molecule has 20 heavy (non-hydrogen) atoms. The molecule has 3 rings (SSSR count). The highest BCUT2D eigenvalue weighted by Crippen LogP contribution is 2.40. The van der Waals surface area contributed by atoms with E-state index in [0.29, 0.717) is 17.1 Å². The molecule has 0 saturated heterocycles. The predicted molar refractivity (Wildman–Crippen MR) is 78.8 cm³/mol. The molecular formula is C16H16N2O2. The van der Waals surface area contributed by atoms with Gasteiger partial charge in [-0.2, -0.15) is 0 Å². The van der Waals surface area contributed by atoms with Gasteiger partial charge in [0, 0.05) is 11.3 Å². The van der Waals surface area contributed by atoms with Crippen LogP contribution in [0.15, 0.2) is 36.4 Å². The van der Waals surface area contributed by atoms with Gasteiger partial charge in [0.25, 0.3) is 5.91 Å². The van der Waals surface area contributed by atoms with Crippen molar-refractivity contribution in [3.63, 3.8) is 0 Å². The lowest BCUT2D eigenvalue weighted by atomic mass is 10.0. The molecule has 102 valence electrons. The number of carbonyl (C=O) groups excluding carboxylic acids is 1. The predicted octanol–water partition coefficient (Wildman–Crippen LogP) is 2.96. The van der Waals surface area contributed by atoms with E-state index in [4.69, 9.17) is 10.5 Å². The fourth-order valence-corrected chi connectivity index (χ4v) is 2.38. The summed E-state index contributed by atoms with van der Waals surface area (Å²) in [5.41, 5.74) is 10.0. The zero-order chi connectivity index (χ0) is 14.3. The highest BCUT2D eigenvalue weighted by atomic mass is 16.5. The Morgan fingerprint density at radius 2 is 1.85 bits per heavy atom. The van der Waals surface area contributed by atoms with Gasteiger partial charge in [-0.3, -0.25) is 4.79 Å². The molecule has 1 unspecified atom stereocenters. The Morgan fingerprint density at radius 3 is 2.55 bits per heavy atom. The monoisotopic (exact) mass is 268 g/mol. The number of rotatable bonds is 1. The molecule has 1 aliphatic heterocycles. The summed E-state index contributed by atoms with van der Waals surface area (Å²) < 4.78 is 5.93. The van der Waals surface area contributed by atoms with Crippen LogP contribution in [0, 0.1) is 13.8 Å². The molecule has 3 N–H and O–H groups in total. The van der Waals surface area contributed by atoms with Crippen molar-refractivity contribution < 1.29 is 9.53 Å². The average molecular weight is 268 g/mol. The second kappa shape index (κ2) is 4.56. The van der Waals surface area contributed by atoms with E-state index in [1.54, 1.807) is 6.07 Å². The van der Waals surface area contributed by atoms with Gasteiger partial charge in [-0.15, -0.1) is 0 Å². The molecule has 0 saturated carbocycles. The molecule has 0 radical (unpaired) electrons.